The van der Waals surface area contributed by atoms with Crippen LogP contribution >= 0.6 is 11.3 Å². The van der Waals surface area contributed by atoms with Crippen LogP contribution in [0, 0.1) is 6.92 Å². The number of nitrogens with two attached hydrogens (primary N) is 1. The lowest BCUT2D eigenvalue weighted by molar-refractivity contribution is 0.831. The first-order valence-corrected chi connectivity index (χ1v) is 7.30. The average molecular weight is 298 g/mol. The van der Waals surface area contributed by atoms with Crippen molar-refractivity contribution in [2.75, 3.05) is 0 Å². The Morgan fingerprint density at radius 2 is 2.00 bits per heavy atom. The van der Waals surface area contributed by atoms with Gasteiger partial charge in [-0.3, -0.25) is 4.79 Å². The number of hydrogen-bond acceptors (Lipinski definition) is 5. The molecule has 0 aliphatic heterocycles. The number of H-pyrrole nitrogens is 1. The fourth-order valence-electron chi connectivity index (χ4n) is 2.01. The second-order valence-corrected chi connectivity index (χ2v) is 5.74. The average Bonchev–Trinajstić information content (AvgIpc) is 2.97. The Morgan fingerprint density at radius 3 is 2.71 bits per heavy atom. The summed E-state index contributed by atoms with van der Waals surface area (Å²) >= 11 is 1.34. The third-order valence-electron chi connectivity index (χ3n) is 3.15. The number of benzene rings is 1. The lowest BCUT2D eigenvalue weighted by atomic mass is 10.1. The van der Waals surface area contributed by atoms with Crippen molar-refractivity contribution in [3.8, 4) is 10.6 Å². The van der Waals surface area contributed by atoms with Crippen LogP contribution in [0.1, 0.15) is 22.3 Å². The monoisotopic (exact) mass is 298 g/mol. The van der Waals surface area contributed by atoms with E-state index in [1.807, 2.05) is 37.3 Å². The third kappa shape index (κ3) is 2.76. The molecule has 0 bridgehead atoms. The molecule has 1 aromatic carbocycles. The maximum absolute atomic E-state index is 12.0. The van der Waals surface area contributed by atoms with Crippen LogP contribution in [0.25, 0.3) is 10.6 Å². The maximum atomic E-state index is 12.0. The van der Waals surface area contributed by atoms with Crippen molar-refractivity contribution >= 4 is 11.3 Å². The van der Waals surface area contributed by atoms with E-state index >= 15 is 0 Å². The van der Waals surface area contributed by atoms with Crippen LogP contribution in [0.4, 0.5) is 0 Å². The zero-order valence-electron chi connectivity index (χ0n) is 11.4. The van der Waals surface area contributed by atoms with Gasteiger partial charge in [-0.25, -0.2) is 0 Å². The fourth-order valence-corrected chi connectivity index (χ4v) is 2.91. The zero-order valence-corrected chi connectivity index (χ0v) is 12.2. The van der Waals surface area contributed by atoms with Gasteiger partial charge in [-0.2, -0.15) is 0 Å². The Balaban J connectivity index is 1.95. The van der Waals surface area contributed by atoms with Gasteiger partial charge in [0.25, 0.3) is 0 Å². The smallest absolute Gasteiger partial charge is 0.192 e. The number of nitrogens with zero attached hydrogens (tertiary/aromatic N) is 2. The molecule has 0 amide bonds. The second-order valence-electron chi connectivity index (χ2n) is 4.73. The van der Waals surface area contributed by atoms with Crippen LogP contribution in [0.5, 0.6) is 0 Å². The molecule has 0 radical (unpaired) electrons. The van der Waals surface area contributed by atoms with Gasteiger partial charge in [0.2, 0.25) is 0 Å². The molecule has 2 aromatic heterocycles. The van der Waals surface area contributed by atoms with Crippen molar-refractivity contribution in [2.24, 2.45) is 5.73 Å². The Hall–Kier alpha value is -2.31. The topological polar surface area (TPSA) is 84.7 Å². The molecule has 0 aliphatic carbocycles. The molecule has 3 aromatic rings. The summed E-state index contributed by atoms with van der Waals surface area (Å²) in [6.45, 7) is 1.84. The fraction of sp³-hybridized carbons (Fsp3) is 0.133. The second kappa shape index (κ2) is 5.59. The van der Waals surface area contributed by atoms with E-state index < -0.39 is 0 Å². The summed E-state index contributed by atoms with van der Waals surface area (Å²) in [7, 11) is 0. The van der Waals surface area contributed by atoms with Gasteiger partial charge in [0.15, 0.2) is 10.4 Å². The van der Waals surface area contributed by atoms with Crippen LogP contribution in [0.2, 0.25) is 0 Å². The molecule has 3 N–H and O–H groups in total. The predicted molar refractivity (Wildman–Crippen MR) is 83.2 cm³/mol. The SMILES string of the molecule is Cc1cc(=O)c(-c2nnc(C(N)c3ccccc3)s2)c[nH]1. The molecule has 5 nitrogen and oxygen atoms in total. The van der Waals surface area contributed by atoms with Crippen LogP contribution in [0.3, 0.4) is 0 Å². The predicted octanol–water partition coefficient (Wildman–Crippen LogP) is 2.25. The van der Waals surface area contributed by atoms with E-state index in [2.05, 4.69) is 15.2 Å². The van der Waals surface area contributed by atoms with E-state index in [1.165, 1.54) is 11.3 Å². The molecule has 0 saturated heterocycles. The number of pyridine rings is 1. The maximum Gasteiger partial charge on any atom is 0.192 e. The van der Waals surface area contributed by atoms with Crippen molar-refractivity contribution in [1.82, 2.24) is 15.2 Å². The van der Waals surface area contributed by atoms with Crippen molar-refractivity contribution in [1.29, 1.82) is 0 Å². The first-order chi connectivity index (χ1) is 10.1. The summed E-state index contributed by atoms with van der Waals surface area (Å²) in [4.78, 5) is 15.0. The minimum atomic E-state index is -0.332. The number of hydrogen-bond donors (Lipinski definition) is 2. The molecule has 2 heterocycles. The molecule has 6 heteroatoms. The lowest BCUT2D eigenvalue weighted by Crippen LogP contribution is -2.11. The largest absolute Gasteiger partial charge is 0.364 e. The molecule has 3 rings (SSSR count). The van der Waals surface area contributed by atoms with Gasteiger partial charge in [0.05, 0.1) is 11.6 Å². The van der Waals surface area contributed by atoms with Gasteiger partial charge in [0, 0.05) is 18.0 Å². The Morgan fingerprint density at radius 1 is 1.24 bits per heavy atom. The lowest BCUT2D eigenvalue weighted by Gasteiger charge is -2.06. The summed E-state index contributed by atoms with van der Waals surface area (Å²) in [5, 5.41) is 9.49. The molecule has 0 saturated carbocycles. The van der Waals surface area contributed by atoms with Crippen molar-refractivity contribution in [2.45, 2.75) is 13.0 Å². The molecule has 0 aliphatic rings. The first-order valence-electron chi connectivity index (χ1n) is 6.49. The highest BCUT2D eigenvalue weighted by molar-refractivity contribution is 7.14. The number of nitrogens with one attached hydrogen (secondary N) is 1. The number of aromatic amines is 1. The summed E-state index contributed by atoms with van der Waals surface area (Å²) in [5.74, 6) is 0. The van der Waals surface area contributed by atoms with Crippen molar-refractivity contribution < 1.29 is 0 Å². The molecule has 0 fully saturated rings. The van der Waals surface area contributed by atoms with Crippen LogP contribution < -0.4 is 11.2 Å². The van der Waals surface area contributed by atoms with Crippen molar-refractivity contribution in [3.05, 3.63) is 69.1 Å². The number of aromatic nitrogens is 3. The van der Waals surface area contributed by atoms with Crippen molar-refractivity contribution in [3.63, 3.8) is 0 Å². The molecule has 106 valence electrons. The summed E-state index contributed by atoms with van der Waals surface area (Å²) in [5.41, 5.74) is 8.43. The van der Waals surface area contributed by atoms with Crippen LogP contribution in [-0.4, -0.2) is 15.2 Å². The number of rotatable bonds is 3. The van der Waals surface area contributed by atoms with E-state index in [1.54, 1.807) is 12.3 Å². The third-order valence-corrected chi connectivity index (χ3v) is 4.19. The van der Waals surface area contributed by atoms with E-state index in [-0.39, 0.29) is 11.5 Å². The highest BCUT2D eigenvalue weighted by Crippen LogP contribution is 2.26. The highest BCUT2D eigenvalue weighted by atomic mass is 32.1. The van der Waals surface area contributed by atoms with Crippen LogP contribution in [0.15, 0.2) is 47.4 Å². The van der Waals surface area contributed by atoms with Crippen LogP contribution in [-0.2, 0) is 0 Å². The molecular weight excluding hydrogens is 284 g/mol. The Labute approximate surface area is 125 Å². The Bertz CT molecular complexity index is 810. The van der Waals surface area contributed by atoms with Gasteiger partial charge in [-0.1, -0.05) is 41.7 Å². The van der Waals surface area contributed by atoms with Gasteiger partial charge < -0.3 is 10.7 Å². The van der Waals surface area contributed by atoms with E-state index in [0.29, 0.717) is 15.6 Å². The van der Waals surface area contributed by atoms with E-state index in [0.717, 1.165) is 11.3 Å². The van der Waals surface area contributed by atoms with Gasteiger partial charge in [-0.15, -0.1) is 10.2 Å². The van der Waals surface area contributed by atoms with E-state index in [4.69, 9.17) is 5.73 Å². The van der Waals surface area contributed by atoms with Gasteiger partial charge in [-0.05, 0) is 12.5 Å². The molecule has 21 heavy (non-hydrogen) atoms. The minimum absolute atomic E-state index is 0.0674. The molecular formula is C15H14N4OS. The molecule has 0 spiro atoms. The normalized spacial score (nSPS) is 12.3. The summed E-state index contributed by atoms with van der Waals surface area (Å²) in [6, 6.07) is 10.9. The molecule has 1 atom stereocenters. The highest BCUT2D eigenvalue weighted by Gasteiger charge is 2.16. The van der Waals surface area contributed by atoms with Gasteiger partial charge >= 0.3 is 0 Å². The number of aryl methyl sites for hydroxylation is 1. The van der Waals surface area contributed by atoms with Gasteiger partial charge in [0.1, 0.15) is 5.01 Å². The minimum Gasteiger partial charge on any atom is -0.364 e. The zero-order chi connectivity index (χ0) is 14.8. The molecule has 1 unspecified atom stereocenters. The Kier molecular flexibility index (Phi) is 3.64. The standard InChI is InChI=1S/C15H14N4OS/c1-9-7-12(20)11(8-17-9)14-18-19-15(21-14)13(16)10-5-3-2-4-6-10/h2-8,13H,16H2,1H3,(H,17,20). The van der Waals surface area contributed by atoms with E-state index in [9.17, 15) is 4.79 Å². The summed E-state index contributed by atoms with van der Waals surface area (Å²) in [6.07, 6.45) is 1.66. The summed E-state index contributed by atoms with van der Waals surface area (Å²) < 4.78 is 0. The first kappa shape index (κ1) is 13.7. The quantitative estimate of drug-likeness (QED) is 0.776.